The summed E-state index contributed by atoms with van der Waals surface area (Å²) in [6.45, 7) is 0. The number of aromatic nitrogens is 3. The second-order valence-electron chi connectivity index (χ2n) is 2.19. The molecule has 0 aromatic carbocycles. The van der Waals surface area contributed by atoms with E-state index in [-0.39, 0.29) is 5.15 Å². The summed E-state index contributed by atoms with van der Waals surface area (Å²) in [4.78, 5) is 11.2. The van der Waals surface area contributed by atoms with Crippen molar-refractivity contribution >= 4 is 22.6 Å². The molecule has 0 radical (unpaired) electrons. The molecule has 60 valence electrons. The average Bonchev–Trinajstić information content (AvgIpc) is 2.07. The Morgan fingerprint density at radius 3 is 2.92 bits per heavy atom. The van der Waals surface area contributed by atoms with Crippen LogP contribution in [0.4, 0.5) is 4.39 Å². The smallest absolute Gasteiger partial charge is 0.164 e. The molecule has 2 rings (SSSR count). The molecule has 2 aromatic heterocycles. The Kier molecular flexibility index (Phi) is 1.62. The number of pyridine rings is 1. The van der Waals surface area contributed by atoms with Crippen molar-refractivity contribution in [3.8, 4) is 0 Å². The van der Waals surface area contributed by atoms with Gasteiger partial charge in [0, 0.05) is 0 Å². The second-order valence-corrected chi connectivity index (χ2v) is 2.55. The Balaban J connectivity index is 2.88. The van der Waals surface area contributed by atoms with Crippen molar-refractivity contribution in [1.82, 2.24) is 15.0 Å². The van der Waals surface area contributed by atoms with Crippen molar-refractivity contribution in [3.63, 3.8) is 0 Å². The van der Waals surface area contributed by atoms with Gasteiger partial charge in [0.25, 0.3) is 0 Å². The van der Waals surface area contributed by atoms with Gasteiger partial charge in [-0.15, -0.1) is 0 Å². The van der Waals surface area contributed by atoms with Gasteiger partial charge in [0.15, 0.2) is 5.65 Å². The maximum absolute atomic E-state index is 12.6. The molecule has 0 aliphatic rings. The van der Waals surface area contributed by atoms with Crippen molar-refractivity contribution in [3.05, 3.63) is 29.6 Å². The fourth-order valence-corrected chi connectivity index (χ4v) is 1.07. The van der Waals surface area contributed by atoms with E-state index in [2.05, 4.69) is 15.0 Å². The molecule has 0 unspecified atom stereocenters. The molecule has 0 saturated heterocycles. The SMILES string of the molecule is Fc1cnc2ncnc(Cl)c2c1. The van der Waals surface area contributed by atoms with Crippen LogP contribution in [-0.4, -0.2) is 15.0 Å². The molecule has 12 heavy (non-hydrogen) atoms. The number of hydrogen-bond donors (Lipinski definition) is 0. The summed E-state index contributed by atoms with van der Waals surface area (Å²) < 4.78 is 12.6. The normalized spacial score (nSPS) is 10.5. The summed E-state index contributed by atoms with van der Waals surface area (Å²) in [5.41, 5.74) is 0.399. The third-order valence-corrected chi connectivity index (χ3v) is 1.71. The first-order chi connectivity index (χ1) is 5.77. The van der Waals surface area contributed by atoms with E-state index in [0.29, 0.717) is 11.0 Å². The van der Waals surface area contributed by atoms with Gasteiger partial charge in [0.05, 0.1) is 11.6 Å². The number of nitrogens with zero attached hydrogens (tertiary/aromatic N) is 3. The lowest BCUT2D eigenvalue weighted by Crippen LogP contribution is -1.88. The van der Waals surface area contributed by atoms with Crippen LogP contribution in [0.1, 0.15) is 0 Å². The van der Waals surface area contributed by atoms with E-state index in [0.717, 1.165) is 6.20 Å². The lowest BCUT2D eigenvalue weighted by atomic mass is 10.3. The molecule has 0 fully saturated rings. The van der Waals surface area contributed by atoms with Crippen LogP contribution >= 0.6 is 11.6 Å². The molecular formula is C7H3ClFN3. The summed E-state index contributed by atoms with van der Waals surface area (Å²) in [7, 11) is 0. The van der Waals surface area contributed by atoms with Crippen LogP contribution in [0.25, 0.3) is 11.0 Å². The summed E-state index contributed by atoms with van der Waals surface area (Å²) in [6, 6.07) is 1.25. The molecule has 0 bridgehead atoms. The molecular weight excluding hydrogens is 181 g/mol. The van der Waals surface area contributed by atoms with E-state index < -0.39 is 5.82 Å². The van der Waals surface area contributed by atoms with Crippen LogP contribution < -0.4 is 0 Å². The third-order valence-electron chi connectivity index (χ3n) is 1.41. The van der Waals surface area contributed by atoms with Crippen LogP contribution in [-0.2, 0) is 0 Å². The Morgan fingerprint density at radius 1 is 1.25 bits per heavy atom. The summed E-state index contributed by atoms with van der Waals surface area (Å²) in [5.74, 6) is -0.445. The van der Waals surface area contributed by atoms with Gasteiger partial charge in [-0.2, -0.15) is 0 Å². The fourth-order valence-electron chi connectivity index (χ4n) is 0.891. The third kappa shape index (κ3) is 1.10. The van der Waals surface area contributed by atoms with E-state index in [1.807, 2.05) is 0 Å². The molecule has 2 heterocycles. The zero-order chi connectivity index (χ0) is 8.55. The van der Waals surface area contributed by atoms with Gasteiger partial charge in [-0.1, -0.05) is 11.6 Å². The van der Waals surface area contributed by atoms with E-state index in [1.165, 1.54) is 12.4 Å². The minimum absolute atomic E-state index is 0.215. The predicted octanol–water partition coefficient (Wildman–Crippen LogP) is 1.82. The minimum atomic E-state index is -0.445. The molecule has 2 aromatic rings. The van der Waals surface area contributed by atoms with Gasteiger partial charge in [-0.05, 0) is 6.07 Å². The molecule has 5 heteroatoms. The van der Waals surface area contributed by atoms with Gasteiger partial charge >= 0.3 is 0 Å². The number of rotatable bonds is 0. The maximum atomic E-state index is 12.6. The molecule has 0 aliphatic heterocycles. The van der Waals surface area contributed by atoms with Gasteiger partial charge in [0.2, 0.25) is 0 Å². The number of hydrogen-bond acceptors (Lipinski definition) is 3. The highest BCUT2D eigenvalue weighted by molar-refractivity contribution is 6.33. The largest absolute Gasteiger partial charge is 0.233 e. The van der Waals surface area contributed by atoms with E-state index in [4.69, 9.17) is 11.6 Å². The van der Waals surface area contributed by atoms with Gasteiger partial charge in [-0.3, -0.25) is 0 Å². The topological polar surface area (TPSA) is 38.7 Å². The summed E-state index contributed by atoms with van der Waals surface area (Å²) in [6.07, 6.45) is 2.38. The van der Waals surface area contributed by atoms with E-state index >= 15 is 0 Å². The zero-order valence-electron chi connectivity index (χ0n) is 5.83. The van der Waals surface area contributed by atoms with Crippen LogP contribution in [0, 0.1) is 5.82 Å². The standard InChI is InChI=1S/C7H3ClFN3/c8-6-5-1-4(9)2-10-7(5)12-3-11-6/h1-3H. The predicted molar refractivity (Wildman–Crippen MR) is 42.3 cm³/mol. The Hall–Kier alpha value is -1.29. The molecule has 0 aliphatic carbocycles. The van der Waals surface area contributed by atoms with Crippen molar-refractivity contribution in [2.45, 2.75) is 0 Å². The first-order valence-electron chi connectivity index (χ1n) is 3.19. The summed E-state index contributed by atoms with van der Waals surface area (Å²) >= 11 is 5.67. The van der Waals surface area contributed by atoms with Crippen LogP contribution in [0.3, 0.4) is 0 Å². The highest BCUT2D eigenvalue weighted by atomic mass is 35.5. The Morgan fingerprint density at radius 2 is 2.08 bits per heavy atom. The van der Waals surface area contributed by atoms with Crippen LogP contribution in [0.5, 0.6) is 0 Å². The Labute approximate surface area is 72.2 Å². The number of fused-ring (bicyclic) bond motifs is 1. The maximum Gasteiger partial charge on any atom is 0.164 e. The van der Waals surface area contributed by atoms with Gasteiger partial charge in [-0.25, -0.2) is 19.3 Å². The lowest BCUT2D eigenvalue weighted by Gasteiger charge is -1.95. The van der Waals surface area contributed by atoms with Gasteiger partial charge in [0.1, 0.15) is 17.3 Å². The van der Waals surface area contributed by atoms with Gasteiger partial charge < -0.3 is 0 Å². The summed E-state index contributed by atoms with van der Waals surface area (Å²) in [5, 5.41) is 0.645. The van der Waals surface area contributed by atoms with Crippen molar-refractivity contribution in [1.29, 1.82) is 0 Å². The molecule has 0 atom stereocenters. The first-order valence-corrected chi connectivity index (χ1v) is 3.57. The highest BCUT2D eigenvalue weighted by Crippen LogP contribution is 2.17. The van der Waals surface area contributed by atoms with Crippen LogP contribution in [0.2, 0.25) is 5.15 Å². The van der Waals surface area contributed by atoms with E-state index in [9.17, 15) is 4.39 Å². The fraction of sp³-hybridized carbons (Fsp3) is 0. The second kappa shape index (κ2) is 2.64. The zero-order valence-corrected chi connectivity index (χ0v) is 6.59. The first kappa shape index (κ1) is 7.36. The van der Waals surface area contributed by atoms with Crippen molar-refractivity contribution < 1.29 is 4.39 Å². The molecule has 0 saturated carbocycles. The van der Waals surface area contributed by atoms with Crippen molar-refractivity contribution in [2.24, 2.45) is 0 Å². The number of halogens is 2. The Bertz CT molecular complexity index is 432. The monoisotopic (exact) mass is 183 g/mol. The molecule has 3 nitrogen and oxygen atoms in total. The minimum Gasteiger partial charge on any atom is -0.233 e. The highest BCUT2D eigenvalue weighted by Gasteiger charge is 2.02. The average molecular weight is 184 g/mol. The van der Waals surface area contributed by atoms with Crippen LogP contribution in [0.15, 0.2) is 18.6 Å². The quantitative estimate of drug-likeness (QED) is 0.585. The lowest BCUT2D eigenvalue weighted by molar-refractivity contribution is 0.624. The molecule has 0 spiro atoms. The van der Waals surface area contributed by atoms with Crippen molar-refractivity contribution in [2.75, 3.05) is 0 Å². The van der Waals surface area contributed by atoms with E-state index in [1.54, 1.807) is 0 Å². The molecule has 0 N–H and O–H groups in total. The molecule has 0 amide bonds.